The highest BCUT2D eigenvalue weighted by Crippen LogP contribution is 2.21. The molecular weight excluding hydrogens is 254 g/mol. The van der Waals surface area contributed by atoms with E-state index in [1.165, 1.54) is 0 Å². The van der Waals surface area contributed by atoms with Crippen molar-refractivity contribution in [2.45, 2.75) is 47.0 Å². The van der Waals surface area contributed by atoms with Crippen molar-refractivity contribution in [3.8, 4) is 0 Å². The summed E-state index contributed by atoms with van der Waals surface area (Å²) in [6.45, 7) is 9.71. The number of aryl methyl sites for hydroxylation is 1. The number of nitrogens with one attached hydrogen (secondary N) is 2. The van der Waals surface area contributed by atoms with E-state index in [1.807, 2.05) is 20.9 Å². The molecule has 5 heteroatoms. The second-order valence-corrected chi connectivity index (χ2v) is 5.71. The number of carbonyl (C=O) groups excluding carboxylic acids is 1. The molecule has 1 heterocycles. The van der Waals surface area contributed by atoms with Crippen molar-refractivity contribution in [1.82, 2.24) is 15.8 Å². The highest BCUT2D eigenvalue weighted by molar-refractivity contribution is 5.93. The fourth-order valence-electron chi connectivity index (χ4n) is 2.56. The van der Waals surface area contributed by atoms with Crippen molar-refractivity contribution in [3.63, 3.8) is 0 Å². The van der Waals surface area contributed by atoms with Crippen LogP contribution in [-0.4, -0.2) is 31.2 Å². The third kappa shape index (κ3) is 4.07. The van der Waals surface area contributed by atoms with Gasteiger partial charge in [-0.25, -0.2) is 0 Å². The highest BCUT2D eigenvalue weighted by atomic mass is 16.5. The first-order chi connectivity index (χ1) is 9.47. The Morgan fingerprint density at radius 1 is 1.35 bits per heavy atom. The third-order valence-corrected chi connectivity index (χ3v) is 3.69. The zero-order valence-electron chi connectivity index (χ0n) is 13.3. The Kier molecular flexibility index (Phi) is 6.20. The molecular formula is C15H27N3O2. The maximum atomic E-state index is 12.2. The predicted molar refractivity (Wildman–Crippen MR) is 79.9 cm³/mol. The van der Waals surface area contributed by atoms with Gasteiger partial charge in [0.05, 0.1) is 0 Å². The monoisotopic (exact) mass is 281 g/mol. The molecule has 1 amide bonds. The van der Waals surface area contributed by atoms with Crippen LogP contribution in [-0.2, 0) is 6.42 Å². The van der Waals surface area contributed by atoms with Gasteiger partial charge in [-0.3, -0.25) is 4.79 Å². The van der Waals surface area contributed by atoms with Gasteiger partial charge in [0.2, 0.25) is 0 Å². The minimum absolute atomic E-state index is 0.0599. The van der Waals surface area contributed by atoms with Crippen LogP contribution < -0.4 is 10.6 Å². The summed E-state index contributed by atoms with van der Waals surface area (Å²) in [5.74, 6) is 0.631. The van der Waals surface area contributed by atoms with Crippen LogP contribution in [0, 0.1) is 12.3 Å². The summed E-state index contributed by atoms with van der Waals surface area (Å²) < 4.78 is 5.17. The molecule has 1 aromatic heterocycles. The Labute approximate surface area is 121 Å². The average molecular weight is 281 g/mol. The van der Waals surface area contributed by atoms with E-state index in [4.69, 9.17) is 4.52 Å². The maximum Gasteiger partial charge on any atom is 0.273 e. The molecule has 0 saturated heterocycles. The van der Waals surface area contributed by atoms with E-state index in [1.54, 1.807) is 0 Å². The summed E-state index contributed by atoms with van der Waals surface area (Å²) >= 11 is 0. The van der Waals surface area contributed by atoms with E-state index in [0.29, 0.717) is 12.2 Å². The van der Waals surface area contributed by atoms with Gasteiger partial charge in [-0.1, -0.05) is 32.3 Å². The molecule has 0 aliphatic carbocycles. The van der Waals surface area contributed by atoms with E-state index in [-0.39, 0.29) is 11.3 Å². The molecule has 0 bridgehead atoms. The van der Waals surface area contributed by atoms with Gasteiger partial charge in [0.1, 0.15) is 5.76 Å². The minimum atomic E-state index is -0.149. The van der Waals surface area contributed by atoms with Gasteiger partial charge in [-0.15, -0.1) is 0 Å². The van der Waals surface area contributed by atoms with Gasteiger partial charge in [0.15, 0.2) is 5.69 Å². The van der Waals surface area contributed by atoms with Gasteiger partial charge in [-0.2, -0.15) is 0 Å². The zero-order chi connectivity index (χ0) is 15.2. The Morgan fingerprint density at radius 2 is 2.05 bits per heavy atom. The number of nitrogens with zero attached hydrogens (tertiary/aromatic N) is 1. The number of hydrogen-bond acceptors (Lipinski definition) is 4. The predicted octanol–water partition coefficient (Wildman–Crippen LogP) is 2.30. The molecule has 0 aliphatic rings. The number of aromatic nitrogens is 1. The molecule has 0 aliphatic heterocycles. The Morgan fingerprint density at radius 3 is 2.55 bits per heavy atom. The zero-order valence-corrected chi connectivity index (χ0v) is 13.3. The lowest BCUT2D eigenvalue weighted by Crippen LogP contribution is -2.41. The van der Waals surface area contributed by atoms with Crippen molar-refractivity contribution >= 4 is 5.91 Å². The van der Waals surface area contributed by atoms with Crippen molar-refractivity contribution < 1.29 is 9.32 Å². The van der Waals surface area contributed by atoms with Crippen LogP contribution in [0.1, 0.15) is 55.4 Å². The summed E-state index contributed by atoms with van der Waals surface area (Å²) in [7, 11) is 1.94. The van der Waals surface area contributed by atoms with Crippen molar-refractivity contribution in [1.29, 1.82) is 0 Å². The summed E-state index contributed by atoms with van der Waals surface area (Å²) in [5, 5.41) is 10.1. The minimum Gasteiger partial charge on any atom is -0.360 e. The SMILES string of the molecule is CCCC(C)(CNC)CNC(=O)c1noc(CC)c1C. The summed E-state index contributed by atoms with van der Waals surface area (Å²) in [6, 6.07) is 0. The number of carbonyl (C=O) groups is 1. The molecule has 2 N–H and O–H groups in total. The fourth-order valence-corrected chi connectivity index (χ4v) is 2.56. The Hall–Kier alpha value is -1.36. The van der Waals surface area contributed by atoms with Crippen molar-refractivity contribution in [2.24, 2.45) is 5.41 Å². The van der Waals surface area contributed by atoms with Crippen LogP contribution in [0.25, 0.3) is 0 Å². The van der Waals surface area contributed by atoms with Gasteiger partial charge in [0.25, 0.3) is 5.91 Å². The lowest BCUT2D eigenvalue weighted by molar-refractivity contribution is 0.0920. The molecule has 114 valence electrons. The van der Waals surface area contributed by atoms with Crippen LogP contribution in [0.2, 0.25) is 0 Å². The van der Waals surface area contributed by atoms with Gasteiger partial charge in [0, 0.05) is 25.1 Å². The van der Waals surface area contributed by atoms with Crippen LogP contribution >= 0.6 is 0 Å². The van der Waals surface area contributed by atoms with Crippen LogP contribution in [0.15, 0.2) is 4.52 Å². The number of hydrogen-bond donors (Lipinski definition) is 2. The molecule has 0 radical (unpaired) electrons. The summed E-state index contributed by atoms with van der Waals surface area (Å²) in [5.41, 5.74) is 1.31. The first-order valence-corrected chi connectivity index (χ1v) is 7.35. The Balaban J connectivity index is 2.67. The lowest BCUT2D eigenvalue weighted by Gasteiger charge is -2.29. The first kappa shape index (κ1) is 16.7. The largest absolute Gasteiger partial charge is 0.360 e. The molecule has 20 heavy (non-hydrogen) atoms. The molecule has 0 aromatic carbocycles. The topological polar surface area (TPSA) is 67.2 Å². The summed E-state index contributed by atoms with van der Waals surface area (Å²) in [4.78, 5) is 12.2. The van der Waals surface area contributed by atoms with Gasteiger partial charge < -0.3 is 15.2 Å². The molecule has 1 aromatic rings. The molecule has 0 saturated carbocycles. The van der Waals surface area contributed by atoms with E-state index < -0.39 is 0 Å². The number of rotatable bonds is 8. The van der Waals surface area contributed by atoms with Crippen LogP contribution in [0.5, 0.6) is 0 Å². The normalized spacial score (nSPS) is 14.1. The fraction of sp³-hybridized carbons (Fsp3) is 0.733. The smallest absolute Gasteiger partial charge is 0.273 e. The van der Waals surface area contributed by atoms with Crippen LogP contribution in [0.3, 0.4) is 0 Å². The highest BCUT2D eigenvalue weighted by Gasteiger charge is 2.25. The quantitative estimate of drug-likeness (QED) is 0.767. The molecule has 1 rings (SSSR count). The third-order valence-electron chi connectivity index (χ3n) is 3.69. The number of amides is 1. The van der Waals surface area contributed by atoms with Gasteiger partial charge >= 0.3 is 0 Å². The Bertz CT molecular complexity index is 434. The second kappa shape index (κ2) is 7.43. The van der Waals surface area contributed by atoms with Crippen molar-refractivity contribution in [2.75, 3.05) is 20.1 Å². The first-order valence-electron chi connectivity index (χ1n) is 7.35. The van der Waals surface area contributed by atoms with E-state index in [0.717, 1.165) is 37.1 Å². The molecule has 0 fully saturated rings. The molecule has 5 nitrogen and oxygen atoms in total. The van der Waals surface area contributed by atoms with E-state index in [2.05, 4.69) is 29.6 Å². The standard InChI is InChI=1S/C15H27N3O2/c1-6-8-15(4,9-16-5)10-17-14(19)13-11(3)12(7-2)20-18-13/h16H,6-10H2,1-5H3,(H,17,19). The van der Waals surface area contributed by atoms with Crippen molar-refractivity contribution in [3.05, 3.63) is 17.0 Å². The molecule has 0 spiro atoms. The molecule has 1 unspecified atom stereocenters. The summed E-state index contributed by atoms with van der Waals surface area (Å²) in [6.07, 6.45) is 2.91. The van der Waals surface area contributed by atoms with E-state index >= 15 is 0 Å². The molecule has 1 atom stereocenters. The lowest BCUT2D eigenvalue weighted by atomic mass is 9.85. The van der Waals surface area contributed by atoms with E-state index in [9.17, 15) is 4.79 Å². The average Bonchev–Trinajstić information content (AvgIpc) is 2.78. The van der Waals surface area contributed by atoms with Crippen LogP contribution in [0.4, 0.5) is 0 Å². The second-order valence-electron chi connectivity index (χ2n) is 5.71. The maximum absolute atomic E-state index is 12.2. The van der Waals surface area contributed by atoms with Gasteiger partial charge in [-0.05, 0) is 25.8 Å².